The van der Waals surface area contributed by atoms with Gasteiger partial charge in [0.25, 0.3) is 10.0 Å². The van der Waals surface area contributed by atoms with Crippen LogP contribution in [0.4, 0.5) is 5.69 Å². The van der Waals surface area contributed by atoms with Gasteiger partial charge in [0.15, 0.2) is 10.7 Å². The molecular formula is C20H21N3O5S. The number of carbonyl (C=O) groups excluding carboxylic acids is 1. The second-order valence-corrected chi connectivity index (χ2v) is 8.80. The Balaban J connectivity index is 1.47. The van der Waals surface area contributed by atoms with Crippen LogP contribution < -0.4 is 10.0 Å². The first-order chi connectivity index (χ1) is 13.8. The molecule has 9 heteroatoms. The molecule has 1 aliphatic rings. The predicted octanol–water partition coefficient (Wildman–Crippen LogP) is 3.03. The van der Waals surface area contributed by atoms with Crippen molar-refractivity contribution in [2.75, 3.05) is 4.72 Å². The summed E-state index contributed by atoms with van der Waals surface area (Å²) in [6.07, 6.45) is 3.07. The Bertz CT molecular complexity index is 1110. The van der Waals surface area contributed by atoms with Crippen LogP contribution in [0, 0.1) is 13.8 Å². The molecule has 152 valence electrons. The van der Waals surface area contributed by atoms with Gasteiger partial charge in [-0.1, -0.05) is 17.3 Å². The van der Waals surface area contributed by atoms with Crippen molar-refractivity contribution in [2.24, 2.45) is 0 Å². The number of furan rings is 1. The fourth-order valence-corrected chi connectivity index (χ4v) is 4.83. The van der Waals surface area contributed by atoms with Crippen molar-refractivity contribution in [3.63, 3.8) is 0 Å². The maximum Gasteiger partial charge on any atom is 0.267 e. The number of sulfonamides is 1. The van der Waals surface area contributed by atoms with Gasteiger partial charge in [0.05, 0.1) is 18.2 Å². The summed E-state index contributed by atoms with van der Waals surface area (Å²) in [7, 11) is -3.81. The van der Waals surface area contributed by atoms with E-state index >= 15 is 0 Å². The molecule has 1 saturated carbocycles. The summed E-state index contributed by atoms with van der Waals surface area (Å²) in [5.74, 6) is 0.868. The number of aromatic nitrogens is 1. The van der Waals surface area contributed by atoms with Gasteiger partial charge in [-0.15, -0.1) is 0 Å². The molecule has 2 heterocycles. The molecule has 29 heavy (non-hydrogen) atoms. The maximum absolute atomic E-state index is 12.7. The van der Waals surface area contributed by atoms with Crippen molar-refractivity contribution in [3.05, 3.63) is 65.4 Å². The lowest BCUT2D eigenvalue weighted by Crippen LogP contribution is -2.34. The van der Waals surface area contributed by atoms with Crippen LogP contribution in [0.1, 0.15) is 35.6 Å². The van der Waals surface area contributed by atoms with Crippen LogP contribution in [0.5, 0.6) is 0 Å². The number of amides is 1. The zero-order valence-corrected chi connectivity index (χ0v) is 16.9. The van der Waals surface area contributed by atoms with E-state index in [1.165, 1.54) is 0 Å². The molecule has 0 spiro atoms. The molecule has 1 aliphatic carbocycles. The quantitative estimate of drug-likeness (QED) is 0.613. The van der Waals surface area contributed by atoms with Crippen molar-refractivity contribution in [1.29, 1.82) is 0 Å². The van der Waals surface area contributed by atoms with Crippen LogP contribution in [0.25, 0.3) is 0 Å². The third-order valence-corrected chi connectivity index (χ3v) is 6.74. The van der Waals surface area contributed by atoms with Crippen LogP contribution in [-0.2, 0) is 26.8 Å². The predicted molar refractivity (Wildman–Crippen MR) is 105 cm³/mol. The highest BCUT2D eigenvalue weighted by atomic mass is 32.2. The van der Waals surface area contributed by atoms with E-state index in [0.29, 0.717) is 23.7 Å². The number of rotatable bonds is 7. The molecule has 4 rings (SSSR count). The van der Waals surface area contributed by atoms with E-state index in [-0.39, 0.29) is 16.6 Å². The molecule has 0 unspecified atom stereocenters. The summed E-state index contributed by atoms with van der Waals surface area (Å²) in [5.41, 5.74) is 0.998. The summed E-state index contributed by atoms with van der Waals surface area (Å²) >= 11 is 0. The Kier molecular flexibility index (Phi) is 4.70. The molecular weight excluding hydrogens is 394 g/mol. The first-order valence-electron chi connectivity index (χ1n) is 9.19. The van der Waals surface area contributed by atoms with Gasteiger partial charge in [0, 0.05) is 5.69 Å². The topological polar surface area (TPSA) is 114 Å². The van der Waals surface area contributed by atoms with Gasteiger partial charge in [-0.25, -0.2) is 8.42 Å². The lowest BCUT2D eigenvalue weighted by Gasteiger charge is -2.16. The van der Waals surface area contributed by atoms with E-state index in [1.807, 2.05) is 0 Å². The number of carbonyl (C=O) groups is 1. The summed E-state index contributed by atoms with van der Waals surface area (Å²) in [4.78, 5) is 12.7. The van der Waals surface area contributed by atoms with Crippen molar-refractivity contribution < 1.29 is 22.2 Å². The fraction of sp³-hybridized carbons (Fsp3) is 0.300. The zero-order chi connectivity index (χ0) is 20.6. The van der Waals surface area contributed by atoms with Gasteiger partial charge >= 0.3 is 0 Å². The first kappa shape index (κ1) is 19.3. The molecule has 0 bridgehead atoms. The molecule has 0 aliphatic heterocycles. The van der Waals surface area contributed by atoms with Crippen molar-refractivity contribution in [3.8, 4) is 0 Å². The average Bonchev–Trinajstić information content (AvgIpc) is 3.17. The number of nitrogens with zero attached hydrogens (tertiary/aromatic N) is 1. The van der Waals surface area contributed by atoms with Gasteiger partial charge in [-0.3, -0.25) is 9.52 Å². The van der Waals surface area contributed by atoms with Crippen LogP contribution >= 0.6 is 0 Å². The highest BCUT2D eigenvalue weighted by Gasteiger charge is 2.51. The van der Waals surface area contributed by atoms with Gasteiger partial charge in [-0.2, -0.15) is 0 Å². The molecule has 0 radical (unpaired) electrons. The summed E-state index contributed by atoms with van der Waals surface area (Å²) < 4.78 is 38.0. The first-order valence-corrected chi connectivity index (χ1v) is 10.7. The van der Waals surface area contributed by atoms with Crippen molar-refractivity contribution in [2.45, 2.75) is 43.5 Å². The molecule has 0 atom stereocenters. The third-order valence-electron chi connectivity index (χ3n) is 5.11. The second-order valence-electron chi connectivity index (χ2n) is 7.18. The van der Waals surface area contributed by atoms with E-state index in [1.54, 1.807) is 56.5 Å². The van der Waals surface area contributed by atoms with Crippen LogP contribution in [-0.4, -0.2) is 19.5 Å². The number of hydrogen-bond acceptors (Lipinski definition) is 6. The minimum atomic E-state index is -3.81. The van der Waals surface area contributed by atoms with Gasteiger partial charge in [0.1, 0.15) is 11.5 Å². The Hall–Kier alpha value is -3.07. The van der Waals surface area contributed by atoms with Crippen molar-refractivity contribution >= 4 is 21.6 Å². The molecule has 1 fully saturated rings. The van der Waals surface area contributed by atoms with E-state index in [0.717, 1.165) is 18.4 Å². The third kappa shape index (κ3) is 3.65. The van der Waals surface area contributed by atoms with E-state index < -0.39 is 15.4 Å². The van der Waals surface area contributed by atoms with Crippen LogP contribution in [0.3, 0.4) is 0 Å². The second kappa shape index (κ2) is 7.07. The molecule has 1 aromatic carbocycles. The molecule has 0 saturated heterocycles. The number of nitrogens with one attached hydrogen (secondary N) is 2. The highest BCUT2D eigenvalue weighted by Crippen LogP contribution is 2.48. The van der Waals surface area contributed by atoms with E-state index in [9.17, 15) is 13.2 Å². The van der Waals surface area contributed by atoms with Crippen LogP contribution in [0.2, 0.25) is 0 Å². The summed E-state index contributed by atoms with van der Waals surface area (Å²) in [6, 6.07) is 10.5. The zero-order valence-electron chi connectivity index (χ0n) is 16.1. The normalized spacial score (nSPS) is 15.1. The van der Waals surface area contributed by atoms with E-state index in [2.05, 4.69) is 15.2 Å². The molecule has 2 aromatic heterocycles. The number of benzene rings is 1. The lowest BCUT2D eigenvalue weighted by molar-refractivity contribution is -0.123. The van der Waals surface area contributed by atoms with Crippen molar-refractivity contribution in [1.82, 2.24) is 10.5 Å². The monoisotopic (exact) mass is 415 g/mol. The molecule has 2 N–H and O–H groups in total. The molecule has 1 amide bonds. The van der Waals surface area contributed by atoms with Gasteiger partial charge in [-0.05, 0) is 56.5 Å². The Labute approximate surface area is 168 Å². The molecule has 8 nitrogen and oxygen atoms in total. The lowest BCUT2D eigenvalue weighted by atomic mass is 9.95. The smallest absolute Gasteiger partial charge is 0.267 e. The highest BCUT2D eigenvalue weighted by molar-refractivity contribution is 7.92. The molecule has 3 aromatic rings. The maximum atomic E-state index is 12.7. The minimum absolute atomic E-state index is 0.0394. The standard InChI is InChI=1S/C20H21N3O5S/c1-13-18(14(2)28-22-13)29(25,26)23-16-7-5-15(6-8-16)20(9-10-20)19(24)21-12-17-4-3-11-27-17/h3-8,11,23H,9-10,12H2,1-2H3,(H,21,24). The SMILES string of the molecule is Cc1noc(C)c1S(=O)(=O)Nc1ccc(C2(C(=O)NCc3ccco3)CC2)cc1. The summed E-state index contributed by atoms with van der Waals surface area (Å²) in [6.45, 7) is 3.46. The van der Waals surface area contributed by atoms with Gasteiger partial charge in [0.2, 0.25) is 5.91 Å². The summed E-state index contributed by atoms with van der Waals surface area (Å²) in [5, 5.41) is 6.60. The average molecular weight is 415 g/mol. The largest absolute Gasteiger partial charge is 0.467 e. The minimum Gasteiger partial charge on any atom is -0.467 e. The van der Waals surface area contributed by atoms with Crippen LogP contribution in [0.15, 0.2) is 56.5 Å². The Morgan fingerprint density at radius 2 is 1.90 bits per heavy atom. The number of anilines is 1. The number of aryl methyl sites for hydroxylation is 2. The van der Waals surface area contributed by atoms with E-state index in [4.69, 9.17) is 8.94 Å². The fourth-order valence-electron chi connectivity index (χ4n) is 3.44. The Morgan fingerprint density at radius 3 is 2.45 bits per heavy atom. The number of hydrogen-bond donors (Lipinski definition) is 2. The Morgan fingerprint density at radius 1 is 1.17 bits per heavy atom. The van der Waals surface area contributed by atoms with Gasteiger partial charge < -0.3 is 14.3 Å².